The van der Waals surface area contributed by atoms with Gasteiger partial charge < -0.3 is 14.4 Å². The minimum absolute atomic E-state index is 0.0505. The molecule has 0 amide bonds. The fourth-order valence-electron chi connectivity index (χ4n) is 3.95. The molecular formula is C26H24N2O4S2. The first-order valence-electron chi connectivity index (χ1n) is 10.9. The van der Waals surface area contributed by atoms with Crippen LogP contribution in [0.15, 0.2) is 79.6 Å². The number of aromatic nitrogens is 1. The van der Waals surface area contributed by atoms with Gasteiger partial charge in [0.15, 0.2) is 11.3 Å². The molecule has 6 nitrogen and oxygen atoms in total. The second-order valence-electron chi connectivity index (χ2n) is 7.63. The molecule has 0 spiro atoms. The van der Waals surface area contributed by atoms with Crippen molar-refractivity contribution < 1.29 is 9.52 Å². The maximum absolute atomic E-state index is 13.9. The summed E-state index contributed by atoms with van der Waals surface area (Å²) in [6.45, 7) is 6.99. The minimum Gasteiger partial charge on any atom is -0.505 e. The Hall–Kier alpha value is -3.36. The molecule has 174 valence electrons. The van der Waals surface area contributed by atoms with Crippen LogP contribution in [0, 0.1) is 6.92 Å². The summed E-state index contributed by atoms with van der Waals surface area (Å²) >= 11 is 6.40. The molecule has 0 aliphatic carbocycles. The molecule has 0 aliphatic heterocycles. The van der Waals surface area contributed by atoms with E-state index in [0.717, 1.165) is 17.3 Å². The van der Waals surface area contributed by atoms with Gasteiger partial charge in [0.2, 0.25) is 0 Å². The van der Waals surface area contributed by atoms with Crippen molar-refractivity contribution in [1.82, 2.24) is 9.47 Å². The number of fused-ring (bicyclic) bond motifs is 1. The van der Waals surface area contributed by atoms with Crippen LogP contribution < -0.4 is 11.2 Å². The Kier molecular flexibility index (Phi) is 6.90. The first-order chi connectivity index (χ1) is 16.4. The third-order valence-electron chi connectivity index (χ3n) is 5.67. The number of nitrogens with zero attached hydrogens (tertiary/aromatic N) is 2. The van der Waals surface area contributed by atoms with E-state index in [-0.39, 0.29) is 15.9 Å². The maximum Gasteiger partial charge on any atom is 0.354 e. The summed E-state index contributed by atoms with van der Waals surface area (Å²) in [7, 11) is 0. The van der Waals surface area contributed by atoms with Crippen molar-refractivity contribution in [2.45, 2.75) is 25.7 Å². The smallest absolute Gasteiger partial charge is 0.354 e. The molecular weight excluding hydrogens is 468 g/mol. The lowest BCUT2D eigenvalue weighted by Crippen LogP contribution is -2.27. The van der Waals surface area contributed by atoms with Crippen LogP contribution >= 0.6 is 24.0 Å². The van der Waals surface area contributed by atoms with Crippen molar-refractivity contribution in [3.05, 3.63) is 87.0 Å². The Labute approximate surface area is 206 Å². The van der Waals surface area contributed by atoms with E-state index in [1.165, 1.54) is 0 Å². The van der Waals surface area contributed by atoms with Gasteiger partial charge in [0.25, 0.3) is 5.56 Å². The number of para-hydroxylation sites is 1. The summed E-state index contributed by atoms with van der Waals surface area (Å²) in [5.74, 6) is -0.414. The molecule has 0 aliphatic rings. The van der Waals surface area contributed by atoms with Crippen molar-refractivity contribution in [2.24, 2.45) is 0 Å². The maximum atomic E-state index is 13.9. The lowest BCUT2D eigenvalue weighted by Gasteiger charge is -2.21. The van der Waals surface area contributed by atoms with Gasteiger partial charge in [-0.3, -0.25) is 9.36 Å². The number of thioether (sulfide) groups is 1. The Morgan fingerprint density at radius 1 is 1.03 bits per heavy atom. The standard InChI is InChI=1S/C26H24N2O4S2/c1-4-27(5-2)26(33)34-23-21(29)19-22(32-25(23)31)16(3)20(17-12-8-6-9-13-17)28(24(19)30)18-14-10-7-11-15-18/h6-15,29H,4-5H2,1-3H3. The summed E-state index contributed by atoms with van der Waals surface area (Å²) < 4.78 is 7.63. The van der Waals surface area contributed by atoms with Crippen LogP contribution in [0.4, 0.5) is 0 Å². The minimum atomic E-state index is -0.733. The summed E-state index contributed by atoms with van der Waals surface area (Å²) in [6.07, 6.45) is 0. The molecule has 4 rings (SSSR count). The third-order valence-corrected chi connectivity index (χ3v) is 7.17. The molecule has 0 saturated heterocycles. The Morgan fingerprint density at radius 2 is 1.62 bits per heavy atom. The highest BCUT2D eigenvalue weighted by Gasteiger charge is 2.26. The molecule has 2 aromatic heterocycles. The van der Waals surface area contributed by atoms with Gasteiger partial charge in [-0.1, -0.05) is 60.7 Å². The predicted octanol–water partition coefficient (Wildman–Crippen LogP) is 5.34. The van der Waals surface area contributed by atoms with Crippen molar-refractivity contribution in [2.75, 3.05) is 13.1 Å². The van der Waals surface area contributed by atoms with Crippen LogP contribution in [0.25, 0.3) is 27.9 Å². The van der Waals surface area contributed by atoms with Crippen molar-refractivity contribution in [1.29, 1.82) is 0 Å². The summed E-state index contributed by atoms with van der Waals surface area (Å²) in [4.78, 5) is 28.6. The zero-order valence-electron chi connectivity index (χ0n) is 19.1. The van der Waals surface area contributed by atoms with Gasteiger partial charge in [0, 0.05) is 24.3 Å². The van der Waals surface area contributed by atoms with Crippen LogP contribution in [0.1, 0.15) is 19.4 Å². The Bertz CT molecular complexity index is 1470. The number of hydrogen-bond donors (Lipinski definition) is 1. The van der Waals surface area contributed by atoms with Gasteiger partial charge in [-0.2, -0.15) is 0 Å². The largest absolute Gasteiger partial charge is 0.505 e. The molecule has 0 bridgehead atoms. The lowest BCUT2D eigenvalue weighted by molar-refractivity contribution is 0.445. The first kappa shape index (κ1) is 23.8. The zero-order valence-corrected chi connectivity index (χ0v) is 20.7. The predicted molar refractivity (Wildman–Crippen MR) is 141 cm³/mol. The van der Waals surface area contributed by atoms with Gasteiger partial charge in [0.05, 0.1) is 5.69 Å². The molecule has 1 N–H and O–H groups in total. The molecule has 0 atom stereocenters. The second kappa shape index (κ2) is 9.87. The SMILES string of the molecule is CCN(CC)C(=S)Sc1c(O)c2c(=O)n(-c3ccccc3)c(-c3ccccc3)c(C)c2oc1=O. The normalized spacial score (nSPS) is 11.0. The number of pyridine rings is 1. The number of thiocarbonyl (C=S) groups is 1. The van der Waals surface area contributed by atoms with Gasteiger partial charge >= 0.3 is 5.63 Å². The monoisotopic (exact) mass is 492 g/mol. The Balaban J connectivity index is 2.07. The van der Waals surface area contributed by atoms with Crippen molar-refractivity contribution in [3.63, 3.8) is 0 Å². The quantitative estimate of drug-likeness (QED) is 0.298. The van der Waals surface area contributed by atoms with Crippen molar-refractivity contribution >= 4 is 39.3 Å². The molecule has 0 radical (unpaired) electrons. The van der Waals surface area contributed by atoms with Crippen LogP contribution in [0.3, 0.4) is 0 Å². The summed E-state index contributed by atoms with van der Waals surface area (Å²) in [5, 5.41) is 11.1. The highest BCUT2D eigenvalue weighted by Crippen LogP contribution is 2.36. The zero-order chi connectivity index (χ0) is 24.4. The van der Waals surface area contributed by atoms with Gasteiger partial charge in [-0.15, -0.1) is 0 Å². The summed E-state index contributed by atoms with van der Waals surface area (Å²) in [5.41, 5.74) is 1.43. The molecule has 0 saturated carbocycles. The van der Waals surface area contributed by atoms with E-state index in [1.807, 2.05) is 79.4 Å². The first-order valence-corrected chi connectivity index (χ1v) is 12.1. The fourth-order valence-corrected chi connectivity index (χ4v) is 5.34. The molecule has 4 aromatic rings. The molecule has 8 heteroatoms. The number of aryl methyl sites for hydroxylation is 1. The number of hydrogen-bond acceptors (Lipinski definition) is 6. The van der Waals surface area contributed by atoms with Gasteiger partial charge in [-0.25, -0.2) is 4.79 Å². The number of aromatic hydroxyl groups is 1. The highest BCUT2D eigenvalue weighted by atomic mass is 32.2. The number of rotatable bonds is 5. The summed E-state index contributed by atoms with van der Waals surface area (Å²) in [6, 6.07) is 18.6. The van der Waals surface area contributed by atoms with Crippen LogP contribution in [-0.2, 0) is 0 Å². The van der Waals surface area contributed by atoms with E-state index in [2.05, 4.69) is 0 Å². The van der Waals surface area contributed by atoms with E-state index < -0.39 is 16.9 Å². The van der Waals surface area contributed by atoms with Crippen molar-refractivity contribution in [3.8, 4) is 22.7 Å². The third kappa shape index (κ3) is 4.15. The second-order valence-corrected chi connectivity index (χ2v) is 9.27. The average molecular weight is 493 g/mol. The van der Waals surface area contributed by atoms with Crippen LogP contribution in [0.2, 0.25) is 0 Å². The van der Waals surface area contributed by atoms with Crippen LogP contribution in [-0.4, -0.2) is 32.0 Å². The number of benzene rings is 2. The molecule has 0 unspecified atom stereocenters. The van der Waals surface area contributed by atoms with E-state index >= 15 is 0 Å². The Morgan fingerprint density at radius 3 is 2.21 bits per heavy atom. The molecule has 2 aromatic carbocycles. The van der Waals surface area contributed by atoms with E-state index in [0.29, 0.717) is 34.4 Å². The molecule has 0 fully saturated rings. The van der Waals surface area contributed by atoms with E-state index in [4.69, 9.17) is 16.6 Å². The topological polar surface area (TPSA) is 75.7 Å². The average Bonchev–Trinajstić information content (AvgIpc) is 2.85. The molecule has 2 heterocycles. The van der Waals surface area contributed by atoms with E-state index in [9.17, 15) is 14.7 Å². The van der Waals surface area contributed by atoms with Gasteiger partial charge in [-0.05, 0) is 50.2 Å². The fraction of sp³-hybridized carbons (Fsp3) is 0.192. The highest BCUT2D eigenvalue weighted by molar-refractivity contribution is 8.23. The van der Waals surface area contributed by atoms with Gasteiger partial charge in [0.1, 0.15) is 14.6 Å². The lowest BCUT2D eigenvalue weighted by atomic mass is 10.0. The van der Waals surface area contributed by atoms with E-state index in [1.54, 1.807) is 11.5 Å². The van der Waals surface area contributed by atoms with Crippen LogP contribution in [0.5, 0.6) is 5.75 Å². The molecule has 34 heavy (non-hydrogen) atoms.